The summed E-state index contributed by atoms with van der Waals surface area (Å²) in [6.45, 7) is 2.04. The Morgan fingerprint density at radius 3 is 2.47 bits per heavy atom. The van der Waals surface area contributed by atoms with Gasteiger partial charge in [-0.3, -0.25) is 4.79 Å². The second kappa shape index (κ2) is 7.19. The molecule has 1 unspecified atom stereocenters. The molecule has 1 atom stereocenters. The molecule has 6 heteroatoms. The molecule has 0 aliphatic heterocycles. The van der Waals surface area contributed by atoms with Crippen molar-refractivity contribution in [3.05, 3.63) is 0 Å². The molecular weight excluding hydrogens is 202 g/mol. The molecule has 1 amide bonds. The van der Waals surface area contributed by atoms with Gasteiger partial charge in [0.15, 0.2) is 0 Å². The third kappa shape index (κ3) is 5.34. The van der Waals surface area contributed by atoms with Gasteiger partial charge in [0.2, 0.25) is 5.91 Å². The maximum Gasteiger partial charge on any atom is 0.326 e. The van der Waals surface area contributed by atoms with Crippen molar-refractivity contribution in [3.8, 4) is 0 Å². The van der Waals surface area contributed by atoms with E-state index in [2.05, 4.69) is 0 Å². The lowest BCUT2D eigenvalue weighted by molar-refractivity contribution is -0.150. The lowest BCUT2D eigenvalue weighted by atomic mass is 10.3. The van der Waals surface area contributed by atoms with Gasteiger partial charge in [-0.2, -0.15) is 0 Å². The summed E-state index contributed by atoms with van der Waals surface area (Å²) in [6.07, 6.45) is 0. The molecule has 0 spiro atoms. The van der Waals surface area contributed by atoms with Crippen molar-refractivity contribution < 1.29 is 24.2 Å². The fourth-order valence-electron chi connectivity index (χ4n) is 0.785. The number of carboxylic acid groups (broad SMARTS) is 1. The smallest absolute Gasteiger partial charge is 0.326 e. The number of carbonyl (C=O) groups is 2. The van der Waals surface area contributed by atoms with E-state index in [1.165, 1.54) is 21.1 Å². The highest BCUT2D eigenvalue weighted by Gasteiger charge is 2.21. The number of ether oxygens (including phenoxy) is 2. The summed E-state index contributed by atoms with van der Waals surface area (Å²) in [5.74, 6) is -1.40. The average Bonchev–Trinajstić information content (AvgIpc) is 2.21. The molecule has 0 aromatic heterocycles. The fourth-order valence-corrected chi connectivity index (χ4v) is 0.785. The molecule has 0 radical (unpaired) electrons. The third-order valence-corrected chi connectivity index (χ3v) is 1.99. The van der Waals surface area contributed by atoms with Crippen molar-refractivity contribution in [2.45, 2.75) is 13.0 Å². The lowest BCUT2D eigenvalue weighted by Crippen LogP contribution is -2.42. The Bertz CT molecular complexity index is 219. The van der Waals surface area contributed by atoms with Crippen LogP contribution >= 0.6 is 0 Å². The van der Waals surface area contributed by atoms with Gasteiger partial charge < -0.3 is 19.5 Å². The predicted molar refractivity (Wildman–Crippen MR) is 52.6 cm³/mol. The second-order valence-electron chi connectivity index (χ2n) is 3.06. The standard InChI is InChI=1S/C9H17NO5/c1-7(9(12)13)10(2)8(11)6-15-5-4-14-3/h7H,4-6H2,1-3H3,(H,12,13). The summed E-state index contributed by atoms with van der Waals surface area (Å²) in [5.41, 5.74) is 0. The SMILES string of the molecule is COCCOCC(=O)N(C)C(C)C(=O)O. The molecule has 0 fully saturated rings. The monoisotopic (exact) mass is 219 g/mol. The zero-order valence-electron chi connectivity index (χ0n) is 9.23. The molecule has 0 aliphatic rings. The van der Waals surface area contributed by atoms with Gasteiger partial charge in [0.25, 0.3) is 0 Å². The normalized spacial score (nSPS) is 12.2. The van der Waals surface area contributed by atoms with Gasteiger partial charge >= 0.3 is 5.97 Å². The van der Waals surface area contributed by atoms with Crippen LogP contribution in [0.15, 0.2) is 0 Å². The van der Waals surface area contributed by atoms with Gasteiger partial charge in [0, 0.05) is 14.2 Å². The zero-order chi connectivity index (χ0) is 11.8. The van der Waals surface area contributed by atoms with Crippen molar-refractivity contribution >= 4 is 11.9 Å². The molecule has 0 heterocycles. The first-order valence-corrected chi connectivity index (χ1v) is 4.55. The Balaban J connectivity index is 3.84. The van der Waals surface area contributed by atoms with Crippen LogP contribution in [0.25, 0.3) is 0 Å². The molecule has 0 aromatic carbocycles. The van der Waals surface area contributed by atoms with Crippen molar-refractivity contribution in [1.82, 2.24) is 4.90 Å². The Morgan fingerprint density at radius 1 is 1.40 bits per heavy atom. The lowest BCUT2D eigenvalue weighted by Gasteiger charge is -2.21. The minimum Gasteiger partial charge on any atom is -0.480 e. The van der Waals surface area contributed by atoms with Gasteiger partial charge in [-0.25, -0.2) is 4.79 Å². The number of carbonyl (C=O) groups excluding carboxylic acids is 1. The number of hydrogen-bond donors (Lipinski definition) is 1. The first-order valence-electron chi connectivity index (χ1n) is 4.55. The van der Waals surface area contributed by atoms with Crippen LogP contribution in [-0.4, -0.2) is 61.9 Å². The van der Waals surface area contributed by atoms with E-state index in [1.807, 2.05) is 0 Å². The van der Waals surface area contributed by atoms with E-state index in [0.717, 1.165) is 4.90 Å². The van der Waals surface area contributed by atoms with Crippen molar-refractivity contribution in [1.29, 1.82) is 0 Å². The van der Waals surface area contributed by atoms with Gasteiger partial charge in [0.1, 0.15) is 12.6 Å². The van der Waals surface area contributed by atoms with Crippen LogP contribution in [0.2, 0.25) is 0 Å². The first kappa shape index (κ1) is 13.9. The number of likely N-dealkylation sites (N-methyl/N-ethyl adjacent to an activating group) is 1. The van der Waals surface area contributed by atoms with E-state index in [4.69, 9.17) is 14.6 Å². The van der Waals surface area contributed by atoms with E-state index >= 15 is 0 Å². The highest BCUT2D eigenvalue weighted by Crippen LogP contribution is 1.96. The minimum absolute atomic E-state index is 0.127. The largest absolute Gasteiger partial charge is 0.480 e. The Kier molecular flexibility index (Phi) is 6.64. The number of methoxy groups -OCH3 is 1. The quantitative estimate of drug-likeness (QED) is 0.588. The number of carboxylic acids is 1. The van der Waals surface area contributed by atoms with E-state index in [9.17, 15) is 9.59 Å². The topological polar surface area (TPSA) is 76.1 Å². The molecule has 88 valence electrons. The molecular formula is C9H17NO5. The zero-order valence-corrected chi connectivity index (χ0v) is 9.23. The van der Waals surface area contributed by atoms with Gasteiger partial charge in [-0.15, -0.1) is 0 Å². The molecule has 0 saturated carbocycles. The van der Waals surface area contributed by atoms with Crippen LogP contribution in [0.3, 0.4) is 0 Å². The number of hydrogen-bond acceptors (Lipinski definition) is 4. The van der Waals surface area contributed by atoms with Gasteiger partial charge in [0.05, 0.1) is 13.2 Å². The summed E-state index contributed by atoms with van der Waals surface area (Å²) >= 11 is 0. The summed E-state index contributed by atoms with van der Waals surface area (Å²) in [7, 11) is 2.96. The van der Waals surface area contributed by atoms with Gasteiger partial charge in [-0.1, -0.05) is 0 Å². The predicted octanol–water partition coefficient (Wildman–Crippen LogP) is -0.419. The average molecular weight is 219 g/mol. The highest BCUT2D eigenvalue weighted by atomic mass is 16.5. The van der Waals surface area contributed by atoms with Crippen LogP contribution in [0, 0.1) is 0 Å². The molecule has 0 saturated heterocycles. The van der Waals surface area contributed by atoms with E-state index in [-0.39, 0.29) is 12.5 Å². The van der Waals surface area contributed by atoms with Crippen LogP contribution in [0.1, 0.15) is 6.92 Å². The maximum absolute atomic E-state index is 11.3. The molecule has 0 rings (SSSR count). The van der Waals surface area contributed by atoms with E-state index < -0.39 is 12.0 Å². The van der Waals surface area contributed by atoms with Crippen molar-refractivity contribution in [2.24, 2.45) is 0 Å². The summed E-state index contributed by atoms with van der Waals surface area (Å²) in [4.78, 5) is 23.0. The Morgan fingerprint density at radius 2 is 2.00 bits per heavy atom. The summed E-state index contributed by atoms with van der Waals surface area (Å²) in [6, 6.07) is -0.844. The van der Waals surface area contributed by atoms with Crippen molar-refractivity contribution in [2.75, 3.05) is 34.0 Å². The van der Waals surface area contributed by atoms with Crippen LogP contribution in [0.4, 0.5) is 0 Å². The molecule has 0 aromatic rings. The van der Waals surface area contributed by atoms with Crippen LogP contribution in [-0.2, 0) is 19.1 Å². The molecule has 0 aliphatic carbocycles. The molecule has 0 bridgehead atoms. The number of amides is 1. The van der Waals surface area contributed by atoms with Gasteiger partial charge in [-0.05, 0) is 6.92 Å². The fraction of sp³-hybridized carbons (Fsp3) is 0.778. The Labute approximate surface area is 88.8 Å². The van der Waals surface area contributed by atoms with E-state index in [1.54, 1.807) is 0 Å². The summed E-state index contributed by atoms with van der Waals surface area (Å²) < 4.78 is 9.70. The number of nitrogens with zero attached hydrogens (tertiary/aromatic N) is 1. The summed E-state index contributed by atoms with van der Waals surface area (Å²) in [5, 5.41) is 8.66. The Hall–Kier alpha value is -1.14. The second-order valence-corrected chi connectivity index (χ2v) is 3.06. The molecule has 6 nitrogen and oxygen atoms in total. The third-order valence-electron chi connectivity index (χ3n) is 1.99. The van der Waals surface area contributed by atoms with E-state index in [0.29, 0.717) is 13.2 Å². The highest BCUT2D eigenvalue weighted by molar-refractivity contribution is 5.83. The van der Waals surface area contributed by atoms with Crippen LogP contribution < -0.4 is 0 Å². The first-order chi connectivity index (χ1) is 7.00. The maximum atomic E-state index is 11.3. The number of rotatable bonds is 7. The number of aliphatic carboxylic acids is 1. The molecule has 1 N–H and O–H groups in total. The van der Waals surface area contributed by atoms with Crippen LogP contribution in [0.5, 0.6) is 0 Å². The van der Waals surface area contributed by atoms with Crippen molar-refractivity contribution in [3.63, 3.8) is 0 Å². The molecule has 15 heavy (non-hydrogen) atoms. The minimum atomic E-state index is -1.04.